The fourth-order valence-electron chi connectivity index (χ4n) is 3.07. The largest absolute Gasteiger partial charge is 0.493 e. The number of aromatic nitrogens is 3. The first kappa shape index (κ1) is 18.3. The van der Waals surface area contributed by atoms with Gasteiger partial charge in [0.2, 0.25) is 0 Å². The van der Waals surface area contributed by atoms with Crippen LogP contribution in [0.3, 0.4) is 0 Å². The molecule has 0 aliphatic carbocycles. The topological polar surface area (TPSA) is 78.0 Å². The minimum Gasteiger partial charge on any atom is -0.493 e. The van der Waals surface area contributed by atoms with Crippen molar-refractivity contribution in [3.8, 4) is 22.1 Å². The molecule has 0 spiro atoms. The first-order chi connectivity index (χ1) is 13.6. The molecule has 0 unspecified atom stereocenters. The standard InChI is InChI=1S/C20H19N3O4S/c1-26-17-6-5-13(10-18(17)27-2)16(24)12-22-7-8-23-15(20(22)25)11-14(21-23)19-4-3-9-28-19/h3-11,16,24H,12H2,1-2H3/t16-/m0/s1. The molecule has 0 amide bonds. The lowest BCUT2D eigenvalue weighted by molar-refractivity contribution is 0.154. The molecular weight excluding hydrogens is 378 g/mol. The number of fused-ring (bicyclic) bond motifs is 1. The first-order valence-corrected chi connectivity index (χ1v) is 9.51. The van der Waals surface area contributed by atoms with Crippen molar-refractivity contribution in [1.82, 2.24) is 14.2 Å². The molecule has 4 rings (SSSR count). The Morgan fingerprint density at radius 2 is 1.96 bits per heavy atom. The van der Waals surface area contributed by atoms with Crippen molar-refractivity contribution in [2.75, 3.05) is 14.2 Å². The molecule has 144 valence electrons. The summed E-state index contributed by atoms with van der Waals surface area (Å²) in [6.07, 6.45) is 2.47. The van der Waals surface area contributed by atoms with E-state index in [1.54, 1.807) is 59.6 Å². The van der Waals surface area contributed by atoms with E-state index in [1.165, 1.54) is 11.7 Å². The number of methoxy groups -OCH3 is 2. The van der Waals surface area contributed by atoms with Gasteiger partial charge in [0.05, 0.1) is 31.7 Å². The van der Waals surface area contributed by atoms with Gasteiger partial charge in [0.15, 0.2) is 11.5 Å². The van der Waals surface area contributed by atoms with Gasteiger partial charge in [0.1, 0.15) is 11.2 Å². The molecule has 1 aromatic carbocycles. The van der Waals surface area contributed by atoms with Gasteiger partial charge in [-0.2, -0.15) is 5.10 Å². The smallest absolute Gasteiger partial charge is 0.276 e. The summed E-state index contributed by atoms with van der Waals surface area (Å²) < 4.78 is 13.5. The maximum atomic E-state index is 12.9. The molecule has 0 saturated carbocycles. The number of rotatable bonds is 6. The Labute approximate surface area is 165 Å². The summed E-state index contributed by atoms with van der Waals surface area (Å²) in [6.45, 7) is 0.115. The number of aliphatic hydroxyl groups is 1. The third-order valence-corrected chi connectivity index (χ3v) is 5.43. The predicted octanol–water partition coefficient (Wildman–Crippen LogP) is 2.98. The SMILES string of the molecule is COc1ccc([C@@H](O)Cn2ccn3nc(-c4cccs4)cc3c2=O)cc1OC. The maximum absolute atomic E-state index is 12.9. The van der Waals surface area contributed by atoms with Crippen LogP contribution in [0.2, 0.25) is 0 Å². The number of nitrogens with zero attached hydrogens (tertiary/aromatic N) is 3. The van der Waals surface area contributed by atoms with Crippen LogP contribution in [0.1, 0.15) is 11.7 Å². The van der Waals surface area contributed by atoms with Gasteiger partial charge in [0.25, 0.3) is 5.56 Å². The molecule has 8 heteroatoms. The molecule has 3 aromatic heterocycles. The first-order valence-electron chi connectivity index (χ1n) is 8.63. The van der Waals surface area contributed by atoms with Gasteiger partial charge in [-0.15, -0.1) is 11.3 Å². The molecule has 1 N–H and O–H groups in total. The van der Waals surface area contributed by atoms with E-state index in [-0.39, 0.29) is 12.1 Å². The third kappa shape index (κ3) is 3.28. The number of benzene rings is 1. The number of aliphatic hydroxyl groups excluding tert-OH is 1. The summed E-state index contributed by atoms with van der Waals surface area (Å²) in [5, 5.41) is 17.1. The molecule has 0 aliphatic rings. The summed E-state index contributed by atoms with van der Waals surface area (Å²) >= 11 is 1.57. The van der Waals surface area contributed by atoms with E-state index in [9.17, 15) is 9.90 Å². The number of hydrogen-bond acceptors (Lipinski definition) is 6. The Morgan fingerprint density at radius 3 is 2.68 bits per heavy atom. The second-order valence-corrected chi connectivity index (χ2v) is 7.17. The lowest BCUT2D eigenvalue weighted by Gasteiger charge is -2.15. The van der Waals surface area contributed by atoms with E-state index in [2.05, 4.69) is 5.10 Å². The molecule has 0 radical (unpaired) electrons. The van der Waals surface area contributed by atoms with Gasteiger partial charge in [-0.05, 0) is 35.2 Å². The van der Waals surface area contributed by atoms with E-state index < -0.39 is 6.10 Å². The quantitative estimate of drug-likeness (QED) is 0.541. The van der Waals surface area contributed by atoms with Crippen LogP contribution in [0, 0.1) is 0 Å². The molecule has 7 nitrogen and oxygen atoms in total. The van der Waals surface area contributed by atoms with Gasteiger partial charge < -0.3 is 19.1 Å². The summed E-state index contributed by atoms with van der Waals surface area (Å²) in [6, 6.07) is 10.9. The van der Waals surface area contributed by atoms with Crippen molar-refractivity contribution >= 4 is 16.9 Å². The van der Waals surface area contributed by atoms with Gasteiger partial charge in [0, 0.05) is 12.4 Å². The molecule has 1 atom stereocenters. The van der Waals surface area contributed by atoms with Crippen molar-refractivity contribution in [3.63, 3.8) is 0 Å². The highest BCUT2D eigenvalue weighted by molar-refractivity contribution is 7.13. The summed E-state index contributed by atoms with van der Waals surface area (Å²) in [4.78, 5) is 13.9. The summed E-state index contributed by atoms with van der Waals surface area (Å²) in [5.74, 6) is 1.11. The third-order valence-electron chi connectivity index (χ3n) is 4.54. The van der Waals surface area contributed by atoms with Crippen LogP contribution in [0.4, 0.5) is 0 Å². The van der Waals surface area contributed by atoms with Crippen molar-refractivity contribution in [2.45, 2.75) is 12.6 Å². The molecule has 3 heterocycles. The predicted molar refractivity (Wildman–Crippen MR) is 107 cm³/mol. The highest BCUT2D eigenvalue weighted by Gasteiger charge is 2.15. The van der Waals surface area contributed by atoms with Crippen molar-refractivity contribution in [1.29, 1.82) is 0 Å². The van der Waals surface area contributed by atoms with Crippen LogP contribution in [-0.4, -0.2) is 33.5 Å². The van der Waals surface area contributed by atoms with Crippen LogP contribution in [0.5, 0.6) is 11.5 Å². The fraction of sp³-hybridized carbons (Fsp3) is 0.200. The molecule has 28 heavy (non-hydrogen) atoms. The monoisotopic (exact) mass is 397 g/mol. The Morgan fingerprint density at radius 1 is 1.14 bits per heavy atom. The summed E-state index contributed by atoms with van der Waals surface area (Å²) in [5.41, 5.74) is 1.64. The maximum Gasteiger partial charge on any atom is 0.276 e. The van der Waals surface area contributed by atoms with E-state index in [0.717, 1.165) is 10.6 Å². The number of hydrogen-bond donors (Lipinski definition) is 1. The molecule has 4 aromatic rings. The van der Waals surface area contributed by atoms with Gasteiger partial charge in [-0.1, -0.05) is 12.1 Å². The Balaban J connectivity index is 1.64. The lowest BCUT2D eigenvalue weighted by atomic mass is 10.1. The minimum absolute atomic E-state index is 0.115. The number of thiophene rings is 1. The van der Waals surface area contributed by atoms with E-state index in [1.807, 2.05) is 17.5 Å². The van der Waals surface area contributed by atoms with Crippen molar-refractivity contribution in [3.05, 3.63) is 70.1 Å². The zero-order valence-electron chi connectivity index (χ0n) is 15.4. The fourth-order valence-corrected chi connectivity index (χ4v) is 3.75. The van der Waals surface area contributed by atoms with Crippen LogP contribution < -0.4 is 15.0 Å². The van der Waals surface area contributed by atoms with Gasteiger partial charge >= 0.3 is 0 Å². The van der Waals surface area contributed by atoms with Crippen molar-refractivity contribution < 1.29 is 14.6 Å². The zero-order chi connectivity index (χ0) is 19.7. The molecule has 0 saturated heterocycles. The molecular formula is C20H19N3O4S. The van der Waals surface area contributed by atoms with E-state index in [0.29, 0.717) is 22.6 Å². The average molecular weight is 397 g/mol. The van der Waals surface area contributed by atoms with Gasteiger partial charge in [-0.25, -0.2) is 4.52 Å². The highest BCUT2D eigenvalue weighted by Crippen LogP contribution is 2.30. The van der Waals surface area contributed by atoms with Crippen molar-refractivity contribution in [2.24, 2.45) is 0 Å². The van der Waals surface area contributed by atoms with Gasteiger partial charge in [-0.3, -0.25) is 4.79 Å². The summed E-state index contributed by atoms with van der Waals surface area (Å²) in [7, 11) is 3.09. The van der Waals surface area contributed by atoms with E-state index >= 15 is 0 Å². The minimum atomic E-state index is -0.875. The lowest BCUT2D eigenvalue weighted by Crippen LogP contribution is -2.24. The molecule has 0 fully saturated rings. The Hall–Kier alpha value is -3.10. The normalized spacial score (nSPS) is 12.2. The second-order valence-electron chi connectivity index (χ2n) is 6.22. The average Bonchev–Trinajstić information content (AvgIpc) is 3.39. The van der Waals surface area contributed by atoms with Crippen LogP contribution in [0.25, 0.3) is 16.1 Å². The van der Waals surface area contributed by atoms with Crippen LogP contribution in [-0.2, 0) is 6.54 Å². The van der Waals surface area contributed by atoms with E-state index in [4.69, 9.17) is 9.47 Å². The second kappa shape index (κ2) is 7.49. The van der Waals surface area contributed by atoms with Crippen LogP contribution >= 0.6 is 11.3 Å². The molecule has 0 bridgehead atoms. The van der Waals surface area contributed by atoms with Crippen LogP contribution in [0.15, 0.2) is 59.0 Å². The Bertz CT molecular complexity index is 1160. The number of ether oxygens (including phenoxy) is 2. The molecule has 0 aliphatic heterocycles. The highest BCUT2D eigenvalue weighted by atomic mass is 32.1. The Kier molecular flexibility index (Phi) is 4.89. The zero-order valence-corrected chi connectivity index (χ0v) is 16.2.